The van der Waals surface area contributed by atoms with E-state index in [-0.39, 0.29) is 17.4 Å². The van der Waals surface area contributed by atoms with Crippen molar-refractivity contribution >= 4 is 10.9 Å². The van der Waals surface area contributed by atoms with E-state index in [1.165, 1.54) is 23.7 Å². The molecule has 1 aliphatic rings. The topological polar surface area (TPSA) is 55.1 Å². The van der Waals surface area contributed by atoms with Crippen LogP contribution in [0.2, 0.25) is 0 Å². The third kappa shape index (κ3) is 3.02. The fourth-order valence-corrected chi connectivity index (χ4v) is 3.22. The molecule has 2 aromatic rings. The molecule has 1 N–H and O–H groups in total. The molecule has 1 saturated carbocycles. The molecule has 0 unspecified atom stereocenters. The molecular formula is C16H18F2N2O2. The highest BCUT2D eigenvalue weighted by atomic mass is 19.2. The van der Waals surface area contributed by atoms with Crippen molar-refractivity contribution in [2.24, 2.45) is 5.92 Å². The van der Waals surface area contributed by atoms with Crippen LogP contribution in [-0.2, 0) is 6.54 Å². The summed E-state index contributed by atoms with van der Waals surface area (Å²) < 4.78 is 27.7. The molecule has 118 valence electrons. The second kappa shape index (κ2) is 6.12. The normalized spacial score (nSPS) is 17.2. The number of rotatable bonds is 4. The number of aliphatic hydroxyl groups is 1. The van der Waals surface area contributed by atoms with Crippen molar-refractivity contribution in [1.82, 2.24) is 9.55 Å². The fraction of sp³-hybridized carbons (Fsp3) is 0.500. The summed E-state index contributed by atoms with van der Waals surface area (Å²) in [4.78, 5) is 16.3. The van der Waals surface area contributed by atoms with Gasteiger partial charge in [0.05, 0.1) is 29.9 Å². The molecular weight excluding hydrogens is 290 g/mol. The van der Waals surface area contributed by atoms with E-state index >= 15 is 0 Å². The molecule has 0 amide bonds. The second-order valence-corrected chi connectivity index (χ2v) is 6.03. The minimum Gasteiger partial charge on any atom is -0.391 e. The Kier molecular flexibility index (Phi) is 4.20. The van der Waals surface area contributed by atoms with Crippen LogP contribution in [0.1, 0.15) is 32.1 Å². The molecule has 1 fully saturated rings. The average molecular weight is 308 g/mol. The van der Waals surface area contributed by atoms with Gasteiger partial charge in [-0.3, -0.25) is 9.36 Å². The van der Waals surface area contributed by atoms with Crippen molar-refractivity contribution in [3.05, 3.63) is 40.4 Å². The first-order chi connectivity index (χ1) is 10.5. The van der Waals surface area contributed by atoms with E-state index in [9.17, 15) is 18.7 Å². The van der Waals surface area contributed by atoms with Gasteiger partial charge in [-0.25, -0.2) is 13.8 Å². The average Bonchev–Trinajstić information content (AvgIpc) is 2.97. The molecule has 22 heavy (non-hydrogen) atoms. The molecule has 1 heterocycles. The number of nitrogens with zero attached hydrogens (tertiary/aromatic N) is 2. The molecule has 0 radical (unpaired) electrons. The van der Waals surface area contributed by atoms with Crippen LogP contribution in [0.25, 0.3) is 10.9 Å². The summed E-state index contributed by atoms with van der Waals surface area (Å²) in [6.45, 7) is 0.122. The Bertz CT molecular complexity index is 739. The zero-order valence-corrected chi connectivity index (χ0v) is 12.1. The van der Waals surface area contributed by atoms with E-state index in [4.69, 9.17) is 0 Å². The minimum absolute atomic E-state index is 0.0227. The van der Waals surface area contributed by atoms with Gasteiger partial charge in [-0.2, -0.15) is 0 Å². The van der Waals surface area contributed by atoms with E-state index in [0.29, 0.717) is 12.3 Å². The lowest BCUT2D eigenvalue weighted by atomic mass is 10.00. The van der Waals surface area contributed by atoms with E-state index in [2.05, 4.69) is 4.98 Å². The van der Waals surface area contributed by atoms with Crippen molar-refractivity contribution in [2.75, 3.05) is 0 Å². The number of hydrogen-bond donors (Lipinski definition) is 1. The highest BCUT2D eigenvalue weighted by Crippen LogP contribution is 2.28. The summed E-state index contributed by atoms with van der Waals surface area (Å²) in [6, 6.07) is 1.77. The van der Waals surface area contributed by atoms with Crippen LogP contribution < -0.4 is 5.56 Å². The fourth-order valence-electron chi connectivity index (χ4n) is 3.22. The van der Waals surface area contributed by atoms with Gasteiger partial charge in [0, 0.05) is 6.07 Å². The van der Waals surface area contributed by atoms with Gasteiger partial charge in [0.25, 0.3) is 5.56 Å². The van der Waals surface area contributed by atoms with Crippen LogP contribution >= 0.6 is 0 Å². The Hall–Kier alpha value is -1.82. The zero-order valence-electron chi connectivity index (χ0n) is 12.1. The van der Waals surface area contributed by atoms with Gasteiger partial charge < -0.3 is 5.11 Å². The lowest BCUT2D eigenvalue weighted by Crippen LogP contribution is -2.28. The van der Waals surface area contributed by atoms with E-state index in [1.807, 2.05) is 0 Å². The largest absolute Gasteiger partial charge is 0.391 e. The van der Waals surface area contributed by atoms with E-state index < -0.39 is 23.3 Å². The molecule has 6 heteroatoms. The number of hydrogen-bond acceptors (Lipinski definition) is 3. The van der Waals surface area contributed by atoms with Gasteiger partial charge in [-0.15, -0.1) is 0 Å². The monoisotopic (exact) mass is 308 g/mol. The maximum atomic E-state index is 13.3. The molecule has 4 nitrogen and oxygen atoms in total. The predicted octanol–water partition coefficient (Wildman–Crippen LogP) is 2.62. The Morgan fingerprint density at radius 3 is 2.68 bits per heavy atom. The highest BCUT2D eigenvalue weighted by Gasteiger charge is 2.19. The Morgan fingerprint density at radius 2 is 1.95 bits per heavy atom. The third-order valence-electron chi connectivity index (χ3n) is 4.35. The van der Waals surface area contributed by atoms with Gasteiger partial charge in [0.15, 0.2) is 11.6 Å². The van der Waals surface area contributed by atoms with Crippen LogP contribution in [0.15, 0.2) is 23.3 Å². The summed E-state index contributed by atoms with van der Waals surface area (Å²) in [5, 5.41) is 10.2. The smallest absolute Gasteiger partial charge is 0.261 e. The Balaban J connectivity index is 1.83. The molecule has 0 spiro atoms. The lowest BCUT2D eigenvalue weighted by molar-refractivity contribution is 0.123. The molecule has 0 aliphatic heterocycles. The quantitative estimate of drug-likeness (QED) is 0.944. The number of halogens is 2. The van der Waals surface area contributed by atoms with Crippen LogP contribution in [-0.4, -0.2) is 20.8 Å². The number of aliphatic hydroxyl groups excluding tert-OH is 1. The van der Waals surface area contributed by atoms with Crippen molar-refractivity contribution in [2.45, 2.75) is 44.8 Å². The van der Waals surface area contributed by atoms with Gasteiger partial charge in [0.1, 0.15) is 0 Å². The number of fused-ring (bicyclic) bond motifs is 1. The van der Waals surface area contributed by atoms with Crippen LogP contribution in [0, 0.1) is 17.6 Å². The van der Waals surface area contributed by atoms with E-state index in [0.717, 1.165) is 25.0 Å². The van der Waals surface area contributed by atoms with Crippen LogP contribution in [0.3, 0.4) is 0 Å². The minimum atomic E-state index is -1.07. The van der Waals surface area contributed by atoms with Gasteiger partial charge in [-0.1, -0.05) is 25.7 Å². The second-order valence-electron chi connectivity index (χ2n) is 6.03. The van der Waals surface area contributed by atoms with Gasteiger partial charge >= 0.3 is 0 Å². The summed E-state index contributed by atoms with van der Waals surface area (Å²) in [5.41, 5.74) is -0.347. The maximum absolute atomic E-state index is 13.3. The van der Waals surface area contributed by atoms with Crippen LogP contribution in [0.4, 0.5) is 8.78 Å². The number of aromatic nitrogens is 2. The summed E-state index contributed by atoms with van der Waals surface area (Å²) >= 11 is 0. The number of benzene rings is 1. The van der Waals surface area contributed by atoms with Gasteiger partial charge in [-0.05, 0) is 18.4 Å². The summed E-state index contributed by atoms with van der Waals surface area (Å²) in [5.74, 6) is -1.60. The Morgan fingerprint density at radius 1 is 1.27 bits per heavy atom. The highest BCUT2D eigenvalue weighted by molar-refractivity contribution is 5.77. The Labute approximate surface area is 126 Å². The first kappa shape index (κ1) is 15.1. The molecule has 1 aromatic heterocycles. The van der Waals surface area contributed by atoms with Crippen molar-refractivity contribution in [1.29, 1.82) is 0 Å². The summed E-state index contributed by atoms with van der Waals surface area (Å²) in [6.07, 6.45) is 5.92. The SMILES string of the molecule is O=c1c2cc(F)c(F)cc2ncn1C[C@H](O)CC1CCCC1. The molecule has 0 saturated heterocycles. The third-order valence-corrected chi connectivity index (χ3v) is 4.35. The molecule has 1 atom stereocenters. The van der Waals surface area contributed by atoms with E-state index in [1.54, 1.807) is 0 Å². The maximum Gasteiger partial charge on any atom is 0.261 e. The van der Waals surface area contributed by atoms with Crippen LogP contribution in [0.5, 0.6) is 0 Å². The first-order valence-corrected chi connectivity index (χ1v) is 7.57. The first-order valence-electron chi connectivity index (χ1n) is 7.57. The standard InChI is InChI=1S/C16H18F2N2O2/c17-13-6-12-15(7-14(13)18)19-9-20(16(12)22)8-11(21)5-10-3-1-2-4-10/h6-7,9-11,21H,1-5,8H2/t11-/m1/s1. The van der Waals surface area contributed by atoms with Gasteiger partial charge in [0.2, 0.25) is 0 Å². The molecule has 1 aromatic carbocycles. The molecule has 3 rings (SSSR count). The predicted molar refractivity (Wildman–Crippen MR) is 78.5 cm³/mol. The van der Waals surface area contributed by atoms with Crippen molar-refractivity contribution < 1.29 is 13.9 Å². The molecule has 0 bridgehead atoms. The zero-order chi connectivity index (χ0) is 15.7. The summed E-state index contributed by atoms with van der Waals surface area (Å²) in [7, 11) is 0. The van der Waals surface area contributed by atoms with Crippen molar-refractivity contribution in [3.8, 4) is 0 Å². The molecule has 1 aliphatic carbocycles. The lowest BCUT2D eigenvalue weighted by Gasteiger charge is -2.16. The van der Waals surface area contributed by atoms with Crippen molar-refractivity contribution in [3.63, 3.8) is 0 Å².